The van der Waals surface area contributed by atoms with Crippen molar-refractivity contribution in [1.29, 1.82) is 0 Å². The predicted octanol–water partition coefficient (Wildman–Crippen LogP) is 2.21. The molecule has 96 valence electrons. The molecule has 1 aliphatic rings. The van der Waals surface area contributed by atoms with Crippen LogP contribution < -0.4 is 5.73 Å². The SMILES string of the molecule is COC1CCCC(OCc2occc2CN)C1. The Balaban J connectivity index is 1.81. The maximum Gasteiger partial charge on any atom is 0.133 e. The third kappa shape index (κ3) is 3.31. The average molecular weight is 239 g/mol. The van der Waals surface area contributed by atoms with E-state index in [0.29, 0.717) is 19.3 Å². The fourth-order valence-corrected chi connectivity index (χ4v) is 2.34. The van der Waals surface area contributed by atoms with Gasteiger partial charge >= 0.3 is 0 Å². The average Bonchev–Trinajstić information content (AvgIpc) is 2.84. The summed E-state index contributed by atoms with van der Waals surface area (Å²) in [6.07, 6.45) is 6.70. The van der Waals surface area contributed by atoms with E-state index in [9.17, 15) is 0 Å². The molecule has 2 unspecified atom stereocenters. The number of hydrogen-bond donors (Lipinski definition) is 1. The highest BCUT2D eigenvalue weighted by atomic mass is 16.5. The van der Waals surface area contributed by atoms with Gasteiger partial charge in [-0.2, -0.15) is 0 Å². The second-order valence-electron chi connectivity index (χ2n) is 4.53. The van der Waals surface area contributed by atoms with Crippen LogP contribution in [0.15, 0.2) is 16.7 Å². The van der Waals surface area contributed by atoms with E-state index in [1.165, 1.54) is 6.42 Å². The molecule has 2 rings (SSSR count). The molecular weight excluding hydrogens is 218 g/mol. The number of methoxy groups -OCH3 is 1. The van der Waals surface area contributed by atoms with E-state index < -0.39 is 0 Å². The van der Waals surface area contributed by atoms with E-state index in [1.54, 1.807) is 13.4 Å². The molecule has 1 fully saturated rings. The predicted molar refractivity (Wildman–Crippen MR) is 64.4 cm³/mol. The Bertz CT molecular complexity index is 337. The summed E-state index contributed by atoms with van der Waals surface area (Å²) in [4.78, 5) is 0. The highest BCUT2D eigenvalue weighted by Crippen LogP contribution is 2.24. The quantitative estimate of drug-likeness (QED) is 0.856. The zero-order chi connectivity index (χ0) is 12.1. The molecule has 1 saturated carbocycles. The van der Waals surface area contributed by atoms with Gasteiger partial charge in [-0.1, -0.05) is 0 Å². The van der Waals surface area contributed by atoms with Gasteiger partial charge in [-0.3, -0.25) is 0 Å². The third-order valence-corrected chi connectivity index (χ3v) is 3.42. The van der Waals surface area contributed by atoms with Crippen LogP contribution in [0.25, 0.3) is 0 Å². The molecule has 0 saturated heterocycles. The first kappa shape index (κ1) is 12.6. The van der Waals surface area contributed by atoms with E-state index in [0.717, 1.165) is 30.6 Å². The summed E-state index contributed by atoms with van der Waals surface area (Å²) in [5.41, 5.74) is 6.64. The van der Waals surface area contributed by atoms with Crippen LogP contribution in [0.3, 0.4) is 0 Å². The standard InChI is InChI=1S/C13H21NO3/c1-15-11-3-2-4-12(7-11)17-9-13-10(8-14)5-6-16-13/h5-6,11-12H,2-4,7-9,14H2,1H3. The molecule has 1 aliphatic carbocycles. The molecule has 0 spiro atoms. The second kappa shape index (κ2) is 6.19. The first-order valence-corrected chi connectivity index (χ1v) is 6.23. The van der Waals surface area contributed by atoms with Crippen LogP contribution in [0.2, 0.25) is 0 Å². The number of furan rings is 1. The lowest BCUT2D eigenvalue weighted by molar-refractivity contribution is -0.0407. The minimum atomic E-state index is 0.282. The summed E-state index contributed by atoms with van der Waals surface area (Å²) in [7, 11) is 1.77. The Morgan fingerprint density at radius 3 is 3.00 bits per heavy atom. The fourth-order valence-electron chi connectivity index (χ4n) is 2.34. The molecule has 2 atom stereocenters. The molecule has 0 aliphatic heterocycles. The van der Waals surface area contributed by atoms with Gasteiger partial charge in [-0.05, 0) is 31.7 Å². The van der Waals surface area contributed by atoms with Gasteiger partial charge in [-0.25, -0.2) is 0 Å². The van der Waals surface area contributed by atoms with Gasteiger partial charge in [0.15, 0.2) is 0 Å². The normalized spacial score (nSPS) is 25.1. The highest BCUT2D eigenvalue weighted by molar-refractivity contribution is 5.15. The highest BCUT2D eigenvalue weighted by Gasteiger charge is 2.22. The molecule has 4 nitrogen and oxygen atoms in total. The van der Waals surface area contributed by atoms with Crippen LogP contribution in [0, 0.1) is 0 Å². The minimum Gasteiger partial charge on any atom is -0.467 e. The van der Waals surface area contributed by atoms with Crippen molar-refractivity contribution in [2.75, 3.05) is 7.11 Å². The molecule has 0 bridgehead atoms. The van der Waals surface area contributed by atoms with E-state index in [2.05, 4.69) is 0 Å². The largest absolute Gasteiger partial charge is 0.467 e. The van der Waals surface area contributed by atoms with Crippen LogP contribution >= 0.6 is 0 Å². The van der Waals surface area contributed by atoms with Gasteiger partial charge in [0.1, 0.15) is 12.4 Å². The first-order valence-electron chi connectivity index (χ1n) is 6.23. The fraction of sp³-hybridized carbons (Fsp3) is 0.692. The molecule has 1 aromatic rings. The number of rotatable bonds is 5. The van der Waals surface area contributed by atoms with Gasteiger partial charge in [0, 0.05) is 19.2 Å². The van der Waals surface area contributed by atoms with Gasteiger partial charge in [0.2, 0.25) is 0 Å². The van der Waals surface area contributed by atoms with Crippen LogP contribution in [0.1, 0.15) is 37.0 Å². The number of nitrogens with two attached hydrogens (primary N) is 1. The summed E-state index contributed by atoms with van der Waals surface area (Å²) in [6, 6.07) is 1.90. The van der Waals surface area contributed by atoms with Gasteiger partial charge in [0.05, 0.1) is 18.5 Å². The number of ether oxygens (including phenoxy) is 2. The summed E-state index contributed by atoms with van der Waals surface area (Å²) in [6.45, 7) is 1.02. The Hall–Kier alpha value is -0.840. The van der Waals surface area contributed by atoms with Crippen molar-refractivity contribution in [1.82, 2.24) is 0 Å². The smallest absolute Gasteiger partial charge is 0.133 e. The maximum absolute atomic E-state index is 5.87. The summed E-state index contributed by atoms with van der Waals surface area (Å²) >= 11 is 0. The summed E-state index contributed by atoms with van der Waals surface area (Å²) in [5.74, 6) is 0.854. The molecule has 1 heterocycles. The van der Waals surface area contributed by atoms with Crippen molar-refractivity contribution < 1.29 is 13.9 Å². The second-order valence-corrected chi connectivity index (χ2v) is 4.53. The van der Waals surface area contributed by atoms with Crippen LogP contribution in [0.4, 0.5) is 0 Å². The molecular formula is C13H21NO3. The van der Waals surface area contributed by atoms with Crippen molar-refractivity contribution in [2.24, 2.45) is 5.73 Å². The molecule has 1 aromatic heterocycles. The monoisotopic (exact) mass is 239 g/mol. The van der Waals surface area contributed by atoms with Crippen molar-refractivity contribution >= 4 is 0 Å². The van der Waals surface area contributed by atoms with Gasteiger partial charge < -0.3 is 19.6 Å². The van der Waals surface area contributed by atoms with Crippen molar-refractivity contribution in [3.63, 3.8) is 0 Å². The molecule has 0 amide bonds. The lowest BCUT2D eigenvalue weighted by Crippen LogP contribution is -2.27. The van der Waals surface area contributed by atoms with Gasteiger partial charge in [0.25, 0.3) is 0 Å². The van der Waals surface area contributed by atoms with Crippen molar-refractivity contribution in [2.45, 2.75) is 51.0 Å². The zero-order valence-electron chi connectivity index (χ0n) is 10.4. The van der Waals surface area contributed by atoms with Crippen LogP contribution in [-0.4, -0.2) is 19.3 Å². The molecule has 17 heavy (non-hydrogen) atoms. The van der Waals surface area contributed by atoms with E-state index in [4.69, 9.17) is 19.6 Å². The van der Waals surface area contributed by atoms with Crippen molar-refractivity contribution in [3.8, 4) is 0 Å². The molecule has 4 heteroatoms. The minimum absolute atomic E-state index is 0.282. The van der Waals surface area contributed by atoms with Gasteiger partial charge in [-0.15, -0.1) is 0 Å². The molecule has 2 N–H and O–H groups in total. The topological polar surface area (TPSA) is 57.6 Å². The molecule has 0 aromatic carbocycles. The third-order valence-electron chi connectivity index (χ3n) is 3.42. The van der Waals surface area contributed by atoms with E-state index in [-0.39, 0.29) is 6.10 Å². The lowest BCUT2D eigenvalue weighted by atomic mass is 9.95. The van der Waals surface area contributed by atoms with E-state index >= 15 is 0 Å². The van der Waals surface area contributed by atoms with Crippen molar-refractivity contribution in [3.05, 3.63) is 23.7 Å². The van der Waals surface area contributed by atoms with Crippen LogP contribution in [-0.2, 0) is 22.6 Å². The Morgan fingerprint density at radius 1 is 1.41 bits per heavy atom. The number of hydrogen-bond acceptors (Lipinski definition) is 4. The maximum atomic E-state index is 5.87. The molecule has 0 radical (unpaired) electrons. The Kier molecular flexibility index (Phi) is 4.59. The Labute approximate surface area is 102 Å². The van der Waals surface area contributed by atoms with E-state index in [1.807, 2.05) is 6.07 Å². The zero-order valence-corrected chi connectivity index (χ0v) is 10.4. The summed E-state index contributed by atoms with van der Waals surface area (Å²) in [5, 5.41) is 0. The Morgan fingerprint density at radius 2 is 2.24 bits per heavy atom. The van der Waals surface area contributed by atoms with Crippen LogP contribution in [0.5, 0.6) is 0 Å². The first-order chi connectivity index (χ1) is 8.33. The lowest BCUT2D eigenvalue weighted by Gasteiger charge is -2.28. The summed E-state index contributed by atoms with van der Waals surface area (Å²) < 4.78 is 16.6.